The van der Waals surface area contributed by atoms with Crippen LogP contribution >= 0.6 is 0 Å². The molecule has 222 valence electrons. The smallest absolute Gasteiger partial charge is 0.421 e. The van der Waals surface area contributed by atoms with Crippen LogP contribution in [0.25, 0.3) is 0 Å². The maximum Gasteiger partial charge on any atom is 0.421 e. The number of halogens is 4. The van der Waals surface area contributed by atoms with Crippen LogP contribution in [0.3, 0.4) is 0 Å². The molecule has 1 aromatic heterocycles. The molecule has 8 nitrogen and oxygen atoms in total. The molecule has 1 amide bonds. The second kappa shape index (κ2) is 14.9. The number of carbonyl (C=O) groups excluding carboxylic acids is 1. The SMILES string of the molecule is CC.COCC(COC)N(C(=O)C1CCC(C)CC1)c1cc(F)c(Oc2ncccc2C(F)(F)F)cc1C(=O)O. The molecule has 0 saturated heterocycles. The normalized spacial score (nSPS) is 17.1. The van der Waals surface area contributed by atoms with Gasteiger partial charge in [-0.15, -0.1) is 0 Å². The molecule has 1 aliphatic carbocycles. The molecule has 0 bridgehead atoms. The third kappa shape index (κ3) is 8.14. The molecule has 1 saturated carbocycles. The molecule has 0 radical (unpaired) electrons. The molecule has 40 heavy (non-hydrogen) atoms. The van der Waals surface area contributed by atoms with Crippen LogP contribution in [0, 0.1) is 17.7 Å². The van der Waals surface area contributed by atoms with E-state index in [4.69, 9.17) is 14.2 Å². The van der Waals surface area contributed by atoms with Crippen molar-refractivity contribution in [2.75, 3.05) is 32.3 Å². The number of hydrogen-bond acceptors (Lipinski definition) is 6. The van der Waals surface area contributed by atoms with Gasteiger partial charge < -0.3 is 24.2 Å². The van der Waals surface area contributed by atoms with E-state index in [2.05, 4.69) is 11.9 Å². The number of methoxy groups -OCH3 is 2. The van der Waals surface area contributed by atoms with Crippen molar-refractivity contribution in [3.05, 3.63) is 47.4 Å². The van der Waals surface area contributed by atoms with Crippen molar-refractivity contribution in [2.45, 2.75) is 58.7 Å². The standard InChI is InChI=1S/C26H30F4N2O6.C2H6/c1-15-6-8-16(9-7-15)24(33)32(17(13-36-2)14-37-3)21-12-20(27)22(11-18(21)25(34)35)38-23-19(26(28,29)30)5-4-10-31-23;1-2/h4-5,10-12,15-17H,6-9,13-14H2,1-3H3,(H,34,35);1-2H3. The summed E-state index contributed by atoms with van der Waals surface area (Å²) in [5, 5.41) is 9.97. The van der Waals surface area contributed by atoms with Gasteiger partial charge in [0.05, 0.1) is 30.5 Å². The van der Waals surface area contributed by atoms with Gasteiger partial charge in [-0.25, -0.2) is 14.2 Å². The lowest BCUT2D eigenvalue weighted by atomic mass is 9.82. The van der Waals surface area contributed by atoms with E-state index >= 15 is 4.39 Å². The van der Waals surface area contributed by atoms with E-state index in [9.17, 15) is 27.9 Å². The van der Waals surface area contributed by atoms with Gasteiger partial charge in [-0.3, -0.25) is 4.79 Å². The van der Waals surface area contributed by atoms with E-state index in [0.717, 1.165) is 37.2 Å². The molecular formula is C28H36F4N2O6. The third-order valence-corrected chi connectivity index (χ3v) is 6.51. The molecule has 1 aliphatic rings. The largest absolute Gasteiger partial charge is 0.478 e. The van der Waals surface area contributed by atoms with Crippen molar-refractivity contribution in [3.8, 4) is 11.6 Å². The Balaban J connectivity index is 0.00000274. The molecule has 12 heteroatoms. The number of benzene rings is 1. The van der Waals surface area contributed by atoms with Crippen molar-refractivity contribution < 1.29 is 46.5 Å². The fourth-order valence-electron chi connectivity index (χ4n) is 4.56. The summed E-state index contributed by atoms with van der Waals surface area (Å²) in [5.74, 6) is -4.83. The zero-order chi connectivity index (χ0) is 30.0. The maximum absolute atomic E-state index is 15.3. The third-order valence-electron chi connectivity index (χ3n) is 6.51. The van der Waals surface area contributed by atoms with Gasteiger partial charge in [0.2, 0.25) is 11.8 Å². The summed E-state index contributed by atoms with van der Waals surface area (Å²) in [6.07, 6.45) is -1.04. The average Bonchev–Trinajstić information content (AvgIpc) is 2.91. The van der Waals surface area contributed by atoms with E-state index in [-0.39, 0.29) is 18.9 Å². The van der Waals surface area contributed by atoms with Gasteiger partial charge in [0.1, 0.15) is 5.56 Å². The topological polar surface area (TPSA) is 98.2 Å². The number of carboxylic acids is 1. The van der Waals surface area contributed by atoms with E-state index in [0.29, 0.717) is 24.8 Å². The second-order valence-electron chi connectivity index (χ2n) is 9.29. The number of amides is 1. The van der Waals surface area contributed by atoms with E-state index in [1.54, 1.807) is 0 Å². The van der Waals surface area contributed by atoms with Crippen LogP contribution in [0.4, 0.5) is 23.2 Å². The van der Waals surface area contributed by atoms with Crippen LogP contribution in [-0.4, -0.2) is 55.4 Å². The first-order valence-electron chi connectivity index (χ1n) is 13.1. The van der Waals surface area contributed by atoms with Gasteiger partial charge in [0.25, 0.3) is 0 Å². The highest BCUT2D eigenvalue weighted by molar-refractivity contribution is 6.03. The number of pyridine rings is 1. The van der Waals surface area contributed by atoms with Gasteiger partial charge in [0.15, 0.2) is 11.6 Å². The predicted molar refractivity (Wildman–Crippen MR) is 140 cm³/mol. The molecular weight excluding hydrogens is 536 g/mol. The highest BCUT2D eigenvalue weighted by atomic mass is 19.4. The van der Waals surface area contributed by atoms with Gasteiger partial charge in [-0.05, 0) is 43.7 Å². The minimum atomic E-state index is -4.84. The number of aromatic carboxylic acids is 1. The van der Waals surface area contributed by atoms with Crippen LogP contribution in [0.2, 0.25) is 0 Å². The summed E-state index contributed by atoms with van der Waals surface area (Å²) >= 11 is 0. The quantitative estimate of drug-likeness (QED) is 0.321. The van der Waals surface area contributed by atoms with E-state index < -0.39 is 58.6 Å². The number of alkyl halides is 3. The minimum Gasteiger partial charge on any atom is -0.478 e. The number of ether oxygens (including phenoxy) is 3. The zero-order valence-corrected chi connectivity index (χ0v) is 23.3. The van der Waals surface area contributed by atoms with Crippen LogP contribution in [0.5, 0.6) is 11.6 Å². The molecule has 3 rings (SSSR count). The summed E-state index contributed by atoms with van der Waals surface area (Å²) in [6.45, 7) is 6.01. The Labute approximate surface area is 231 Å². The van der Waals surface area contributed by atoms with E-state index in [1.165, 1.54) is 19.1 Å². The highest BCUT2D eigenvalue weighted by Gasteiger charge is 2.37. The first-order valence-corrected chi connectivity index (χ1v) is 13.1. The van der Waals surface area contributed by atoms with Gasteiger partial charge >= 0.3 is 12.1 Å². The Kier molecular flexibility index (Phi) is 12.3. The molecule has 0 spiro atoms. The number of rotatable bonds is 10. The van der Waals surface area contributed by atoms with Crippen molar-refractivity contribution in [2.24, 2.45) is 11.8 Å². The fraction of sp³-hybridized carbons (Fsp3) is 0.536. The molecule has 1 heterocycles. The fourth-order valence-corrected chi connectivity index (χ4v) is 4.56. The molecule has 0 atom stereocenters. The maximum atomic E-state index is 15.3. The molecule has 0 aliphatic heterocycles. The van der Waals surface area contributed by atoms with Crippen molar-refractivity contribution in [1.29, 1.82) is 0 Å². The van der Waals surface area contributed by atoms with Crippen molar-refractivity contribution in [3.63, 3.8) is 0 Å². The van der Waals surface area contributed by atoms with Crippen molar-refractivity contribution >= 4 is 17.6 Å². The lowest BCUT2D eigenvalue weighted by molar-refractivity contribution is -0.139. The summed E-state index contributed by atoms with van der Waals surface area (Å²) in [5.41, 5.74) is -2.08. The van der Waals surface area contributed by atoms with Crippen LogP contribution < -0.4 is 9.64 Å². The van der Waals surface area contributed by atoms with Crippen LogP contribution in [0.15, 0.2) is 30.5 Å². The lowest BCUT2D eigenvalue weighted by Gasteiger charge is -2.36. The number of aromatic nitrogens is 1. The minimum absolute atomic E-state index is 0.0372. The number of hydrogen-bond donors (Lipinski definition) is 1. The lowest BCUT2D eigenvalue weighted by Crippen LogP contribution is -2.49. The van der Waals surface area contributed by atoms with Gasteiger partial charge in [-0.1, -0.05) is 20.8 Å². The summed E-state index contributed by atoms with van der Waals surface area (Å²) in [7, 11) is 2.79. The van der Waals surface area contributed by atoms with Crippen LogP contribution in [-0.2, 0) is 20.4 Å². The summed E-state index contributed by atoms with van der Waals surface area (Å²) in [4.78, 5) is 30.7. The van der Waals surface area contributed by atoms with Crippen molar-refractivity contribution in [1.82, 2.24) is 4.98 Å². The molecule has 0 unspecified atom stereocenters. The summed E-state index contributed by atoms with van der Waals surface area (Å²) in [6, 6.07) is 2.48. The second-order valence-corrected chi connectivity index (χ2v) is 9.29. The van der Waals surface area contributed by atoms with Gasteiger partial charge in [-0.2, -0.15) is 13.2 Å². The Morgan fingerprint density at radius 1 is 1.10 bits per heavy atom. The predicted octanol–water partition coefficient (Wildman–Crippen LogP) is 6.58. The Hall–Kier alpha value is -3.25. The molecule has 2 aromatic rings. The Morgan fingerprint density at radius 2 is 1.70 bits per heavy atom. The molecule has 1 N–H and O–H groups in total. The molecule has 1 aromatic carbocycles. The number of carbonyl (C=O) groups is 2. The number of carboxylic acid groups (broad SMARTS) is 1. The first-order chi connectivity index (χ1) is 19.0. The number of anilines is 1. The first kappa shape index (κ1) is 33.0. The van der Waals surface area contributed by atoms with Crippen LogP contribution in [0.1, 0.15) is 62.4 Å². The summed E-state index contributed by atoms with van der Waals surface area (Å²) < 4.78 is 71.1. The highest BCUT2D eigenvalue weighted by Crippen LogP contribution is 2.39. The molecule has 1 fully saturated rings. The van der Waals surface area contributed by atoms with E-state index in [1.807, 2.05) is 13.8 Å². The monoisotopic (exact) mass is 572 g/mol. The number of nitrogens with zero attached hydrogens (tertiary/aromatic N) is 2. The van der Waals surface area contributed by atoms with Gasteiger partial charge in [0, 0.05) is 38.5 Å². The average molecular weight is 573 g/mol. The zero-order valence-electron chi connectivity index (χ0n) is 23.3. The Bertz CT molecular complexity index is 1130. The Morgan fingerprint density at radius 3 is 2.23 bits per heavy atom.